The van der Waals surface area contributed by atoms with Crippen molar-refractivity contribution in [2.45, 2.75) is 11.8 Å². The highest BCUT2D eigenvalue weighted by molar-refractivity contribution is 7.98. The van der Waals surface area contributed by atoms with Crippen molar-refractivity contribution in [3.63, 3.8) is 0 Å². The Morgan fingerprint density at radius 2 is 1.93 bits per heavy atom. The minimum absolute atomic E-state index is 0.318. The van der Waals surface area contributed by atoms with Crippen molar-refractivity contribution in [1.82, 2.24) is 0 Å². The zero-order valence-electron chi connectivity index (χ0n) is 9.11. The largest absolute Gasteiger partial charge is 0.466 e. The predicted octanol–water partition coefficient (Wildman–Crippen LogP) is 2.98. The second-order valence-electron chi connectivity index (χ2n) is 3.08. The fourth-order valence-corrected chi connectivity index (χ4v) is 1.58. The van der Waals surface area contributed by atoms with Crippen LogP contribution in [-0.4, -0.2) is 19.3 Å². The molecule has 0 fully saturated rings. The van der Waals surface area contributed by atoms with Crippen molar-refractivity contribution in [2.75, 3.05) is 13.4 Å². The number of carbonyl (C=O) groups is 1. The van der Waals surface area contributed by atoms with Crippen LogP contribution in [0.4, 0.5) is 0 Å². The molecule has 80 valence electrons. The van der Waals surface area contributed by atoms with Gasteiger partial charge in [-0.3, -0.25) is 0 Å². The summed E-state index contributed by atoms with van der Waals surface area (Å²) in [6, 6.07) is 8.07. The lowest BCUT2D eigenvalue weighted by Gasteiger charge is -2.02. The van der Waals surface area contributed by atoms with Gasteiger partial charge in [-0.2, -0.15) is 0 Å². The summed E-state index contributed by atoms with van der Waals surface area (Å²) >= 11 is 1.70. The average molecular weight is 222 g/mol. The van der Waals surface area contributed by atoms with Gasteiger partial charge in [0.25, 0.3) is 0 Å². The molecule has 0 bridgehead atoms. The Kier molecular flexibility index (Phi) is 4.43. The number of hydrogen-bond acceptors (Lipinski definition) is 3. The van der Waals surface area contributed by atoms with Gasteiger partial charge < -0.3 is 4.74 Å². The van der Waals surface area contributed by atoms with Gasteiger partial charge in [0.05, 0.1) is 7.11 Å². The van der Waals surface area contributed by atoms with Crippen LogP contribution < -0.4 is 0 Å². The van der Waals surface area contributed by atoms with Gasteiger partial charge in [0.15, 0.2) is 0 Å². The van der Waals surface area contributed by atoms with Crippen LogP contribution in [-0.2, 0) is 9.53 Å². The third-order valence-electron chi connectivity index (χ3n) is 2.08. The molecule has 1 rings (SSSR count). The molecular formula is C12H14O2S. The number of carbonyl (C=O) groups excluding carboxylic acids is 1. The maximum atomic E-state index is 11.0. The Hall–Kier alpha value is -1.22. The summed E-state index contributed by atoms with van der Waals surface area (Å²) in [5.41, 5.74) is 1.95. The standard InChI is InChI=1S/C12H14O2S/c1-9(8-12(13)14-2)10-4-6-11(15-3)7-5-10/h4-8H,1-3H3/b9-8+. The lowest BCUT2D eigenvalue weighted by Crippen LogP contribution is -1.95. The van der Waals surface area contributed by atoms with Crippen LogP contribution in [0.25, 0.3) is 5.57 Å². The predicted molar refractivity (Wildman–Crippen MR) is 63.9 cm³/mol. The van der Waals surface area contributed by atoms with Crippen LogP contribution in [0.3, 0.4) is 0 Å². The molecule has 1 aromatic carbocycles. The van der Waals surface area contributed by atoms with E-state index in [1.807, 2.05) is 37.4 Å². The molecule has 0 saturated carbocycles. The third kappa shape index (κ3) is 3.44. The van der Waals surface area contributed by atoms with Gasteiger partial charge in [-0.05, 0) is 36.4 Å². The van der Waals surface area contributed by atoms with Gasteiger partial charge in [0.2, 0.25) is 0 Å². The molecule has 0 unspecified atom stereocenters. The number of allylic oxidation sites excluding steroid dienone is 1. The minimum Gasteiger partial charge on any atom is -0.466 e. The molecule has 15 heavy (non-hydrogen) atoms. The van der Waals surface area contributed by atoms with Gasteiger partial charge in [-0.25, -0.2) is 4.79 Å². The van der Waals surface area contributed by atoms with E-state index in [0.29, 0.717) is 0 Å². The maximum absolute atomic E-state index is 11.0. The Morgan fingerprint density at radius 1 is 1.33 bits per heavy atom. The summed E-state index contributed by atoms with van der Waals surface area (Å²) in [4.78, 5) is 12.2. The van der Waals surface area contributed by atoms with Crippen molar-refractivity contribution in [3.05, 3.63) is 35.9 Å². The van der Waals surface area contributed by atoms with E-state index in [2.05, 4.69) is 4.74 Å². The molecule has 0 aliphatic rings. The zero-order valence-corrected chi connectivity index (χ0v) is 9.93. The fourth-order valence-electron chi connectivity index (χ4n) is 1.17. The summed E-state index contributed by atoms with van der Waals surface area (Å²) in [5.74, 6) is -0.318. The summed E-state index contributed by atoms with van der Waals surface area (Å²) in [6.45, 7) is 1.89. The number of ether oxygens (including phenoxy) is 1. The lowest BCUT2D eigenvalue weighted by molar-refractivity contribution is -0.134. The highest BCUT2D eigenvalue weighted by Gasteiger charge is 1.99. The first kappa shape index (κ1) is 11.9. The van der Waals surface area contributed by atoms with Crippen molar-refractivity contribution >= 4 is 23.3 Å². The molecule has 0 aliphatic carbocycles. The Labute approximate surface area is 94.3 Å². The van der Waals surface area contributed by atoms with E-state index in [0.717, 1.165) is 11.1 Å². The first-order valence-electron chi connectivity index (χ1n) is 4.58. The SMILES string of the molecule is COC(=O)/C=C(\C)c1ccc(SC)cc1. The smallest absolute Gasteiger partial charge is 0.330 e. The second kappa shape index (κ2) is 5.61. The van der Waals surface area contributed by atoms with Crippen LogP contribution in [0.5, 0.6) is 0 Å². The molecule has 3 heteroatoms. The Bertz CT molecular complexity index is 366. The average Bonchev–Trinajstić information content (AvgIpc) is 2.29. The highest BCUT2D eigenvalue weighted by atomic mass is 32.2. The van der Waals surface area contributed by atoms with Crippen LogP contribution in [0.2, 0.25) is 0 Å². The minimum atomic E-state index is -0.318. The van der Waals surface area contributed by atoms with Crippen molar-refractivity contribution < 1.29 is 9.53 Å². The molecule has 0 aromatic heterocycles. The number of benzene rings is 1. The van der Waals surface area contributed by atoms with Crippen LogP contribution >= 0.6 is 11.8 Å². The molecule has 0 saturated heterocycles. The quantitative estimate of drug-likeness (QED) is 0.447. The normalized spacial score (nSPS) is 11.3. The summed E-state index contributed by atoms with van der Waals surface area (Å²) < 4.78 is 4.57. The molecule has 0 spiro atoms. The number of methoxy groups -OCH3 is 1. The van der Waals surface area contributed by atoms with Crippen molar-refractivity contribution in [2.24, 2.45) is 0 Å². The van der Waals surface area contributed by atoms with E-state index in [1.54, 1.807) is 11.8 Å². The molecule has 2 nitrogen and oxygen atoms in total. The van der Waals surface area contributed by atoms with Gasteiger partial charge >= 0.3 is 5.97 Å². The molecule has 0 N–H and O–H groups in total. The number of thioether (sulfide) groups is 1. The first-order chi connectivity index (χ1) is 7.17. The van der Waals surface area contributed by atoms with Gasteiger partial charge in [-0.15, -0.1) is 11.8 Å². The van der Waals surface area contributed by atoms with Gasteiger partial charge in [0.1, 0.15) is 0 Å². The van der Waals surface area contributed by atoms with Gasteiger partial charge in [0, 0.05) is 11.0 Å². The van der Waals surface area contributed by atoms with Crippen LogP contribution in [0, 0.1) is 0 Å². The molecular weight excluding hydrogens is 208 g/mol. The third-order valence-corrected chi connectivity index (χ3v) is 2.82. The summed E-state index contributed by atoms with van der Waals surface area (Å²) in [7, 11) is 1.38. The Balaban J connectivity index is 2.87. The van der Waals surface area contributed by atoms with E-state index < -0.39 is 0 Å². The molecule has 0 amide bonds. The van der Waals surface area contributed by atoms with Gasteiger partial charge in [-0.1, -0.05) is 12.1 Å². The van der Waals surface area contributed by atoms with E-state index in [-0.39, 0.29) is 5.97 Å². The zero-order chi connectivity index (χ0) is 11.3. The van der Waals surface area contributed by atoms with Crippen molar-refractivity contribution in [3.8, 4) is 0 Å². The summed E-state index contributed by atoms with van der Waals surface area (Å²) in [6.07, 6.45) is 3.53. The first-order valence-corrected chi connectivity index (χ1v) is 5.80. The molecule has 0 heterocycles. The van der Waals surface area contributed by atoms with E-state index in [9.17, 15) is 4.79 Å². The van der Waals surface area contributed by atoms with Crippen LogP contribution in [0.1, 0.15) is 12.5 Å². The molecule has 0 aliphatic heterocycles. The molecule has 1 aromatic rings. The topological polar surface area (TPSA) is 26.3 Å². The number of hydrogen-bond donors (Lipinski definition) is 0. The second-order valence-corrected chi connectivity index (χ2v) is 3.96. The molecule has 0 radical (unpaired) electrons. The fraction of sp³-hybridized carbons (Fsp3) is 0.250. The highest BCUT2D eigenvalue weighted by Crippen LogP contribution is 2.19. The van der Waals surface area contributed by atoms with E-state index >= 15 is 0 Å². The van der Waals surface area contributed by atoms with E-state index in [1.165, 1.54) is 18.1 Å². The maximum Gasteiger partial charge on any atom is 0.330 e. The Morgan fingerprint density at radius 3 is 2.40 bits per heavy atom. The molecule has 0 atom stereocenters. The van der Waals surface area contributed by atoms with Crippen LogP contribution in [0.15, 0.2) is 35.2 Å². The van der Waals surface area contributed by atoms with Crippen molar-refractivity contribution in [1.29, 1.82) is 0 Å². The monoisotopic (exact) mass is 222 g/mol. The number of rotatable bonds is 3. The summed E-state index contributed by atoms with van der Waals surface area (Å²) in [5, 5.41) is 0. The lowest BCUT2D eigenvalue weighted by atomic mass is 10.1. The van der Waals surface area contributed by atoms with E-state index in [4.69, 9.17) is 0 Å². The number of esters is 1.